The van der Waals surface area contributed by atoms with E-state index >= 15 is 0 Å². The Morgan fingerprint density at radius 1 is 1.08 bits per heavy atom. The van der Waals surface area contributed by atoms with Crippen molar-refractivity contribution in [2.24, 2.45) is 0 Å². The lowest BCUT2D eigenvalue weighted by atomic mass is 10.1. The van der Waals surface area contributed by atoms with E-state index in [1.54, 1.807) is 12.1 Å². The number of carbonyl (C=O) groups is 1. The predicted octanol–water partition coefficient (Wildman–Crippen LogP) is 3.72. The van der Waals surface area contributed by atoms with E-state index in [-0.39, 0.29) is 22.6 Å². The van der Waals surface area contributed by atoms with Crippen LogP contribution in [0.25, 0.3) is 0 Å². The summed E-state index contributed by atoms with van der Waals surface area (Å²) in [5.74, 6) is -0.0288. The van der Waals surface area contributed by atoms with E-state index in [1.807, 2.05) is 12.1 Å². The van der Waals surface area contributed by atoms with Crippen molar-refractivity contribution >= 4 is 34.8 Å². The van der Waals surface area contributed by atoms with Crippen LogP contribution in [0.3, 0.4) is 0 Å². The first kappa shape index (κ1) is 17.6. The molecule has 4 N–H and O–H groups in total. The maximum absolute atomic E-state index is 12.9. The molecule has 0 atom stereocenters. The molecule has 1 aromatic heterocycles. The third-order valence-corrected chi connectivity index (χ3v) is 3.97. The van der Waals surface area contributed by atoms with Gasteiger partial charge in [-0.3, -0.25) is 4.79 Å². The number of hydrogen-bond donors (Lipinski definition) is 3. The van der Waals surface area contributed by atoms with Gasteiger partial charge in [0.05, 0.1) is 0 Å². The van der Waals surface area contributed by atoms with Gasteiger partial charge in [-0.15, -0.1) is 0 Å². The van der Waals surface area contributed by atoms with Crippen LogP contribution >= 0.6 is 11.6 Å². The molecule has 0 aliphatic rings. The van der Waals surface area contributed by atoms with Crippen LogP contribution in [0, 0.1) is 5.82 Å². The van der Waals surface area contributed by atoms with Crippen LogP contribution in [-0.4, -0.2) is 15.9 Å². The zero-order valence-electron chi connectivity index (χ0n) is 13.5. The summed E-state index contributed by atoms with van der Waals surface area (Å²) in [6.07, 6.45) is 1.33. The van der Waals surface area contributed by atoms with Crippen molar-refractivity contribution in [2.75, 3.05) is 16.4 Å². The molecule has 1 heterocycles. The fourth-order valence-electron chi connectivity index (χ4n) is 2.20. The monoisotopic (exact) mass is 371 g/mol. The van der Waals surface area contributed by atoms with Gasteiger partial charge in [0, 0.05) is 17.8 Å². The molecule has 0 unspecified atom stereocenters. The highest BCUT2D eigenvalue weighted by molar-refractivity contribution is 6.35. The van der Waals surface area contributed by atoms with E-state index < -0.39 is 0 Å². The Bertz CT molecular complexity index is 916. The summed E-state index contributed by atoms with van der Waals surface area (Å²) in [4.78, 5) is 19.9. The lowest BCUT2D eigenvalue weighted by molar-refractivity contribution is 0.102. The summed E-state index contributed by atoms with van der Waals surface area (Å²) in [5.41, 5.74) is 7.60. The van der Waals surface area contributed by atoms with Gasteiger partial charge in [-0.05, 0) is 42.0 Å². The Kier molecular flexibility index (Phi) is 5.28. The van der Waals surface area contributed by atoms with E-state index in [0.717, 1.165) is 5.56 Å². The maximum Gasteiger partial charge on any atom is 0.255 e. The van der Waals surface area contributed by atoms with Gasteiger partial charge in [0.25, 0.3) is 5.91 Å². The van der Waals surface area contributed by atoms with Crippen molar-refractivity contribution in [3.05, 3.63) is 76.8 Å². The van der Waals surface area contributed by atoms with E-state index in [1.165, 1.54) is 30.6 Å². The SMILES string of the molecule is Nc1ncnc(NCc2ccc(NC(=O)c3ccc(F)cc3)cc2)c1Cl. The number of rotatable bonds is 5. The Hall–Kier alpha value is -3.19. The molecule has 0 spiro atoms. The van der Waals surface area contributed by atoms with Crippen molar-refractivity contribution in [3.8, 4) is 0 Å². The number of aromatic nitrogens is 2. The average Bonchev–Trinajstić information content (AvgIpc) is 2.64. The van der Waals surface area contributed by atoms with E-state index in [0.29, 0.717) is 23.6 Å². The number of nitrogen functional groups attached to an aromatic ring is 1. The number of hydrogen-bond acceptors (Lipinski definition) is 5. The minimum atomic E-state index is -0.385. The van der Waals surface area contributed by atoms with Gasteiger partial charge in [0.2, 0.25) is 0 Å². The van der Waals surface area contributed by atoms with Crippen molar-refractivity contribution in [1.82, 2.24) is 9.97 Å². The second-order valence-corrected chi connectivity index (χ2v) is 5.81. The van der Waals surface area contributed by atoms with E-state index in [9.17, 15) is 9.18 Å². The topological polar surface area (TPSA) is 92.9 Å². The third kappa shape index (κ3) is 4.25. The summed E-state index contributed by atoms with van der Waals surface area (Å²) in [6.45, 7) is 0.475. The minimum absolute atomic E-state index is 0.211. The molecule has 0 aliphatic carbocycles. The van der Waals surface area contributed by atoms with Crippen LogP contribution in [-0.2, 0) is 6.54 Å². The lowest BCUT2D eigenvalue weighted by Gasteiger charge is -2.09. The zero-order valence-corrected chi connectivity index (χ0v) is 14.3. The van der Waals surface area contributed by atoms with Gasteiger partial charge >= 0.3 is 0 Å². The highest BCUT2D eigenvalue weighted by Gasteiger charge is 2.07. The van der Waals surface area contributed by atoms with Crippen molar-refractivity contribution in [1.29, 1.82) is 0 Å². The number of nitrogens with two attached hydrogens (primary N) is 1. The first-order valence-corrected chi connectivity index (χ1v) is 8.06. The van der Waals surface area contributed by atoms with E-state index in [4.69, 9.17) is 17.3 Å². The van der Waals surface area contributed by atoms with Gasteiger partial charge < -0.3 is 16.4 Å². The molecule has 0 aliphatic heterocycles. The van der Waals surface area contributed by atoms with E-state index in [2.05, 4.69) is 20.6 Å². The second kappa shape index (κ2) is 7.79. The van der Waals surface area contributed by atoms with Crippen molar-refractivity contribution < 1.29 is 9.18 Å². The lowest BCUT2D eigenvalue weighted by Crippen LogP contribution is -2.12. The predicted molar refractivity (Wildman–Crippen MR) is 99.6 cm³/mol. The quantitative estimate of drug-likeness (QED) is 0.635. The summed E-state index contributed by atoms with van der Waals surface area (Å²) >= 11 is 6.03. The van der Waals surface area contributed by atoms with Gasteiger partial charge in [0.15, 0.2) is 5.82 Å². The largest absolute Gasteiger partial charge is 0.382 e. The summed E-state index contributed by atoms with van der Waals surface area (Å²) in [6, 6.07) is 12.6. The standard InChI is InChI=1S/C18H15ClFN5O/c19-15-16(21)23-10-24-17(15)22-9-11-1-7-14(8-2-11)25-18(26)12-3-5-13(20)6-4-12/h1-8,10H,9H2,(H,25,26)(H3,21,22,23,24). The molecule has 132 valence electrons. The molecule has 2 aromatic carbocycles. The molecule has 0 saturated heterocycles. The fourth-order valence-corrected chi connectivity index (χ4v) is 2.37. The maximum atomic E-state index is 12.9. The number of benzene rings is 2. The zero-order chi connectivity index (χ0) is 18.5. The molecule has 0 saturated carbocycles. The molecule has 1 amide bonds. The van der Waals surface area contributed by atoms with Crippen LogP contribution in [0.15, 0.2) is 54.9 Å². The smallest absolute Gasteiger partial charge is 0.255 e. The first-order valence-electron chi connectivity index (χ1n) is 7.68. The Balaban J connectivity index is 1.60. The first-order chi connectivity index (χ1) is 12.5. The highest BCUT2D eigenvalue weighted by atomic mass is 35.5. The Labute approximate surface area is 154 Å². The third-order valence-electron chi connectivity index (χ3n) is 3.59. The normalized spacial score (nSPS) is 10.4. The average molecular weight is 372 g/mol. The van der Waals surface area contributed by atoms with Gasteiger partial charge in [-0.25, -0.2) is 14.4 Å². The van der Waals surface area contributed by atoms with Crippen LogP contribution in [0.2, 0.25) is 5.02 Å². The second-order valence-electron chi connectivity index (χ2n) is 5.43. The molecule has 0 fully saturated rings. The molecule has 0 radical (unpaired) electrons. The Morgan fingerprint density at radius 2 is 1.77 bits per heavy atom. The fraction of sp³-hybridized carbons (Fsp3) is 0.0556. The van der Waals surface area contributed by atoms with Crippen LogP contribution < -0.4 is 16.4 Å². The molecule has 3 rings (SSSR count). The number of halogens is 2. The number of anilines is 3. The summed E-state index contributed by atoms with van der Waals surface area (Å²) < 4.78 is 12.9. The van der Waals surface area contributed by atoms with Crippen LogP contribution in [0.1, 0.15) is 15.9 Å². The molecule has 3 aromatic rings. The number of nitrogens with one attached hydrogen (secondary N) is 2. The number of carbonyl (C=O) groups excluding carboxylic acids is 1. The molecular weight excluding hydrogens is 357 g/mol. The summed E-state index contributed by atoms with van der Waals surface area (Å²) in [5, 5.41) is 6.10. The molecule has 0 bridgehead atoms. The molecule has 6 nitrogen and oxygen atoms in total. The van der Waals surface area contributed by atoms with Gasteiger partial charge in [-0.2, -0.15) is 0 Å². The molecule has 8 heteroatoms. The van der Waals surface area contributed by atoms with Crippen molar-refractivity contribution in [3.63, 3.8) is 0 Å². The highest BCUT2D eigenvalue weighted by Crippen LogP contribution is 2.23. The molecular formula is C18H15ClFN5O. The number of amides is 1. The van der Waals surface area contributed by atoms with Crippen LogP contribution in [0.4, 0.5) is 21.7 Å². The van der Waals surface area contributed by atoms with Crippen LogP contribution in [0.5, 0.6) is 0 Å². The van der Waals surface area contributed by atoms with Crippen molar-refractivity contribution in [2.45, 2.75) is 6.54 Å². The van der Waals surface area contributed by atoms with Gasteiger partial charge in [-0.1, -0.05) is 23.7 Å². The number of nitrogens with zero attached hydrogens (tertiary/aromatic N) is 2. The minimum Gasteiger partial charge on any atom is -0.382 e. The molecule has 26 heavy (non-hydrogen) atoms. The summed E-state index contributed by atoms with van der Waals surface area (Å²) in [7, 11) is 0. The Morgan fingerprint density at radius 3 is 2.46 bits per heavy atom. The van der Waals surface area contributed by atoms with Gasteiger partial charge in [0.1, 0.15) is 23.0 Å².